The summed E-state index contributed by atoms with van der Waals surface area (Å²) in [5, 5.41) is 20.7. The normalized spacial score (nSPS) is 27.9. The molecule has 1 aliphatic carbocycles. The van der Waals surface area contributed by atoms with E-state index < -0.39 is 11.6 Å². The number of carbonyl (C=O) groups excluding carboxylic acids is 1. The lowest BCUT2D eigenvalue weighted by Gasteiger charge is -2.23. The maximum atomic E-state index is 11.9. The van der Waals surface area contributed by atoms with Gasteiger partial charge in [0.1, 0.15) is 0 Å². The zero-order chi connectivity index (χ0) is 13.8. The molecule has 0 aliphatic heterocycles. The predicted molar refractivity (Wildman–Crippen MR) is 65.8 cm³/mol. The number of aliphatic carboxylic acids is 1. The Morgan fingerprint density at radius 1 is 1.33 bits per heavy atom. The molecule has 18 heavy (non-hydrogen) atoms. The first-order chi connectivity index (χ1) is 8.34. The summed E-state index contributed by atoms with van der Waals surface area (Å²) in [5.41, 5.74) is 4.00. The quantitative estimate of drug-likeness (QED) is 0.524. The highest BCUT2D eigenvalue weighted by Crippen LogP contribution is 2.22. The molecule has 6 heteroatoms. The zero-order valence-corrected chi connectivity index (χ0v) is 10.7. The highest BCUT2D eigenvalue weighted by molar-refractivity contribution is 5.82. The summed E-state index contributed by atoms with van der Waals surface area (Å²) in [6.45, 7) is 0.854. The van der Waals surface area contributed by atoms with Crippen molar-refractivity contribution in [1.82, 2.24) is 5.32 Å². The van der Waals surface area contributed by atoms with E-state index in [4.69, 9.17) is 10.8 Å². The Kier molecular flexibility index (Phi) is 5.10. The van der Waals surface area contributed by atoms with E-state index in [-0.39, 0.29) is 24.4 Å². The van der Waals surface area contributed by atoms with Gasteiger partial charge in [-0.25, -0.2) is 4.79 Å². The summed E-state index contributed by atoms with van der Waals surface area (Å²) in [5.74, 6) is -1.89. The summed E-state index contributed by atoms with van der Waals surface area (Å²) in [4.78, 5) is 22.6. The van der Waals surface area contributed by atoms with Gasteiger partial charge in [0.25, 0.3) is 0 Å². The van der Waals surface area contributed by atoms with Crippen LogP contribution >= 0.6 is 0 Å². The Labute approximate surface area is 107 Å². The second-order valence-corrected chi connectivity index (χ2v) is 5.21. The smallest absolute Gasteiger partial charge is 0.337 e. The molecule has 6 nitrogen and oxygen atoms in total. The topological polar surface area (TPSA) is 113 Å². The van der Waals surface area contributed by atoms with Crippen LogP contribution in [-0.4, -0.2) is 40.3 Å². The summed E-state index contributed by atoms with van der Waals surface area (Å²) in [7, 11) is 0. The second-order valence-electron chi connectivity index (χ2n) is 5.21. The van der Waals surface area contributed by atoms with Gasteiger partial charge in [0.05, 0.1) is 12.5 Å². The first kappa shape index (κ1) is 14.9. The van der Waals surface area contributed by atoms with Crippen LogP contribution in [0, 0.1) is 5.92 Å². The van der Waals surface area contributed by atoms with Gasteiger partial charge in [-0.2, -0.15) is 0 Å². The fourth-order valence-electron chi connectivity index (χ4n) is 2.13. The Morgan fingerprint density at radius 3 is 2.56 bits per heavy atom. The minimum absolute atomic E-state index is 0.178. The summed E-state index contributed by atoms with van der Waals surface area (Å²) in [6, 6.07) is -0.178. The minimum Gasteiger partial charge on any atom is -0.479 e. The van der Waals surface area contributed by atoms with Crippen molar-refractivity contribution < 1.29 is 19.8 Å². The zero-order valence-electron chi connectivity index (χ0n) is 10.7. The van der Waals surface area contributed by atoms with Crippen molar-refractivity contribution in [3.8, 4) is 0 Å². The number of carboxylic acid groups (broad SMARTS) is 1. The minimum atomic E-state index is -1.94. The average molecular weight is 258 g/mol. The standard InChI is InChI=1S/C12H22N2O4/c1-12(18,11(16)17)7-14-10(15)8-5-3-2-4-6-9(8)13/h8-9,18H,2-7,13H2,1H3,(H,14,15)(H,16,17). The van der Waals surface area contributed by atoms with Crippen LogP contribution < -0.4 is 11.1 Å². The van der Waals surface area contributed by atoms with Crippen LogP contribution in [-0.2, 0) is 9.59 Å². The number of aliphatic hydroxyl groups is 1. The third-order valence-corrected chi connectivity index (χ3v) is 3.47. The second kappa shape index (κ2) is 6.15. The van der Waals surface area contributed by atoms with E-state index in [1.54, 1.807) is 0 Å². The molecule has 0 bridgehead atoms. The molecule has 0 heterocycles. The lowest BCUT2D eigenvalue weighted by Crippen LogP contribution is -2.50. The maximum Gasteiger partial charge on any atom is 0.337 e. The molecule has 0 aromatic carbocycles. The molecule has 3 atom stereocenters. The molecule has 0 aromatic heterocycles. The van der Waals surface area contributed by atoms with E-state index in [0.29, 0.717) is 0 Å². The monoisotopic (exact) mass is 258 g/mol. The van der Waals surface area contributed by atoms with E-state index >= 15 is 0 Å². The van der Waals surface area contributed by atoms with Gasteiger partial charge in [-0.1, -0.05) is 19.3 Å². The molecule has 1 saturated carbocycles. The SMILES string of the molecule is CC(O)(CNC(=O)C1CCCCCC1N)C(=O)O. The molecule has 1 fully saturated rings. The average Bonchev–Trinajstić information content (AvgIpc) is 2.50. The fraction of sp³-hybridized carbons (Fsp3) is 0.833. The fourth-order valence-corrected chi connectivity index (χ4v) is 2.13. The van der Waals surface area contributed by atoms with Crippen LogP contribution in [0.4, 0.5) is 0 Å². The van der Waals surface area contributed by atoms with E-state index in [1.807, 2.05) is 0 Å². The van der Waals surface area contributed by atoms with Gasteiger partial charge in [0, 0.05) is 6.04 Å². The molecule has 5 N–H and O–H groups in total. The van der Waals surface area contributed by atoms with Crippen molar-refractivity contribution in [3.05, 3.63) is 0 Å². The lowest BCUT2D eigenvalue weighted by molar-refractivity contribution is -0.156. The largest absolute Gasteiger partial charge is 0.479 e. The Morgan fingerprint density at radius 2 is 1.94 bits per heavy atom. The van der Waals surface area contributed by atoms with Crippen LogP contribution in [0.15, 0.2) is 0 Å². The van der Waals surface area contributed by atoms with Gasteiger partial charge in [-0.15, -0.1) is 0 Å². The molecule has 0 saturated heterocycles. The molecule has 0 spiro atoms. The molecule has 1 amide bonds. The number of carboxylic acids is 1. The van der Waals surface area contributed by atoms with Crippen molar-refractivity contribution >= 4 is 11.9 Å². The van der Waals surface area contributed by atoms with Crippen molar-refractivity contribution in [3.63, 3.8) is 0 Å². The number of carbonyl (C=O) groups is 2. The molecular formula is C12H22N2O4. The molecular weight excluding hydrogens is 236 g/mol. The van der Waals surface area contributed by atoms with Gasteiger partial charge in [0.15, 0.2) is 5.60 Å². The van der Waals surface area contributed by atoms with Gasteiger partial charge < -0.3 is 21.3 Å². The first-order valence-electron chi connectivity index (χ1n) is 6.33. The van der Waals surface area contributed by atoms with Crippen LogP contribution in [0.3, 0.4) is 0 Å². The molecule has 3 unspecified atom stereocenters. The third-order valence-electron chi connectivity index (χ3n) is 3.47. The van der Waals surface area contributed by atoms with E-state index in [9.17, 15) is 14.7 Å². The highest BCUT2D eigenvalue weighted by Gasteiger charge is 2.33. The summed E-state index contributed by atoms with van der Waals surface area (Å²) < 4.78 is 0. The van der Waals surface area contributed by atoms with Gasteiger partial charge in [-0.05, 0) is 19.8 Å². The predicted octanol–water partition coefficient (Wildman–Crippen LogP) is -0.154. The number of nitrogens with one attached hydrogen (secondary N) is 1. The molecule has 0 radical (unpaired) electrons. The molecule has 0 aromatic rings. The number of hydrogen-bond donors (Lipinski definition) is 4. The van der Waals surface area contributed by atoms with E-state index in [0.717, 1.165) is 39.0 Å². The molecule has 1 aliphatic rings. The highest BCUT2D eigenvalue weighted by atomic mass is 16.4. The molecule has 1 rings (SSSR count). The molecule has 104 valence electrons. The van der Waals surface area contributed by atoms with E-state index in [1.165, 1.54) is 0 Å². The van der Waals surface area contributed by atoms with Crippen LogP contribution in [0.1, 0.15) is 39.0 Å². The Balaban J connectivity index is 2.51. The van der Waals surface area contributed by atoms with Gasteiger partial charge in [0.2, 0.25) is 5.91 Å². The number of hydrogen-bond acceptors (Lipinski definition) is 4. The maximum absolute atomic E-state index is 11.9. The van der Waals surface area contributed by atoms with Crippen molar-refractivity contribution in [2.24, 2.45) is 11.7 Å². The van der Waals surface area contributed by atoms with Crippen LogP contribution in [0.25, 0.3) is 0 Å². The van der Waals surface area contributed by atoms with Crippen molar-refractivity contribution in [1.29, 1.82) is 0 Å². The third kappa shape index (κ3) is 3.96. The summed E-state index contributed by atoms with van der Waals surface area (Å²) in [6.07, 6.45) is 4.60. The number of rotatable bonds is 4. The Bertz CT molecular complexity index is 317. The Hall–Kier alpha value is -1.14. The van der Waals surface area contributed by atoms with Gasteiger partial charge >= 0.3 is 5.97 Å². The number of amides is 1. The summed E-state index contributed by atoms with van der Waals surface area (Å²) >= 11 is 0. The van der Waals surface area contributed by atoms with Gasteiger partial charge in [-0.3, -0.25) is 4.79 Å². The lowest BCUT2D eigenvalue weighted by atomic mass is 9.94. The van der Waals surface area contributed by atoms with Crippen LogP contribution in [0.2, 0.25) is 0 Å². The van der Waals surface area contributed by atoms with Crippen molar-refractivity contribution in [2.45, 2.75) is 50.7 Å². The van der Waals surface area contributed by atoms with E-state index in [2.05, 4.69) is 5.32 Å². The van der Waals surface area contributed by atoms with Crippen LogP contribution in [0.5, 0.6) is 0 Å². The first-order valence-corrected chi connectivity index (χ1v) is 6.33. The number of nitrogens with two attached hydrogens (primary N) is 1. The van der Waals surface area contributed by atoms with Crippen molar-refractivity contribution in [2.75, 3.05) is 6.54 Å².